The van der Waals surface area contributed by atoms with Crippen molar-refractivity contribution in [1.82, 2.24) is 0 Å². The number of halogens is 2. The van der Waals surface area contributed by atoms with Gasteiger partial charge in [0, 0.05) is 6.07 Å². The van der Waals surface area contributed by atoms with E-state index in [1.165, 1.54) is 12.1 Å². The Labute approximate surface area is 94.1 Å². The molecule has 1 nitrogen and oxygen atoms in total. The third-order valence-electron chi connectivity index (χ3n) is 3.60. The van der Waals surface area contributed by atoms with Crippen LogP contribution in [0.1, 0.15) is 25.3 Å². The van der Waals surface area contributed by atoms with E-state index in [0.717, 1.165) is 18.9 Å². The third kappa shape index (κ3) is 2.40. The Morgan fingerprint density at radius 3 is 2.31 bits per heavy atom. The van der Waals surface area contributed by atoms with Crippen LogP contribution >= 0.6 is 0 Å². The summed E-state index contributed by atoms with van der Waals surface area (Å²) in [5.41, 5.74) is 0.684. The first-order valence-corrected chi connectivity index (χ1v) is 5.69. The van der Waals surface area contributed by atoms with E-state index < -0.39 is 11.6 Å². The Bertz CT molecular complexity index is 358. The van der Waals surface area contributed by atoms with Gasteiger partial charge in [0.05, 0.1) is 6.10 Å². The van der Waals surface area contributed by atoms with E-state index in [9.17, 15) is 13.9 Å². The van der Waals surface area contributed by atoms with Crippen LogP contribution in [0.3, 0.4) is 0 Å². The number of aliphatic hydroxyl groups excluding tert-OH is 1. The summed E-state index contributed by atoms with van der Waals surface area (Å²) >= 11 is 0. The van der Waals surface area contributed by atoms with E-state index in [1.807, 2.05) is 6.92 Å². The fraction of sp³-hybridized carbons (Fsp3) is 0.538. The normalized spacial score (nSPS) is 29.6. The number of rotatable bonds is 2. The molecule has 1 N–H and O–H groups in total. The second-order valence-corrected chi connectivity index (χ2v) is 4.75. The van der Waals surface area contributed by atoms with Crippen molar-refractivity contribution in [2.75, 3.05) is 0 Å². The van der Waals surface area contributed by atoms with E-state index in [4.69, 9.17) is 0 Å². The van der Waals surface area contributed by atoms with E-state index in [0.29, 0.717) is 17.9 Å². The molecule has 0 heterocycles. The molecule has 0 radical (unpaired) electrons. The number of hydrogen-bond acceptors (Lipinski definition) is 1. The van der Waals surface area contributed by atoms with Crippen molar-refractivity contribution in [3.8, 4) is 0 Å². The van der Waals surface area contributed by atoms with Crippen molar-refractivity contribution >= 4 is 0 Å². The molecule has 0 saturated heterocycles. The topological polar surface area (TPSA) is 20.2 Å². The zero-order valence-electron chi connectivity index (χ0n) is 9.29. The minimum atomic E-state index is -0.527. The Hall–Kier alpha value is -0.960. The van der Waals surface area contributed by atoms with Gasteiger partial charge in [0.2, 0.25) is 0 Å². The molecule has 1 aromatic rings. The Kier molecular flexibility index (Phi) is 3.24. The fourth-order valence-electron chi connectivity index (χ4n) is 2.54. The second kappa shape index (κ2) is 4.50. The number of hydrogen-bond donors (Lipinski definition) is 1. The highest BCUT2D eigenvalue weighted by Gasteiger charge is 2.31. The molecule has 1 aliphatic rings. The molecule has 0 aromatic heterocycles. The lowest BCUT2D eigenvalue weighted by Gasteiger charge is -2.17. The van der Waals surface area contributed by atoms with Crippen LogP contribution in [-0.4, -0.2) is 11.2 Å². The molecular weight excluding hydrogens is 210 g/mol. The lowest BCUT2D eigenvalue weighted by Crippen LogP contribution is -2.17. The maximum Gasteiger partial charge on any atom is 0.126 e. The Morgan fingerprint density at radius 1 is 1.19 bits per heavy atom. The molecule has 0 amide bonds. The minimum Gasteiger partial charge on any atom is -0.393 e. The monoisotopic (exact) mass is 226 g/mol. The highest BCUT2D eigenvalue weighted by molar-refractivity contribution is 5.18. The van der Waals surface area contributed by atoms with Crippen molar-refractivity contribution in [3.63, 3.8) is 0 Å². The first kappa shape index (κ1) is 11.5. The van der Waals surface area contributed by atoms with Crippen LogP contribution in [0.25, 0.3) is 0 Å². The lowest BCUT2D eigenvalue weighted by molar-refractivity contribution is 0.127. The molecule has 0 bridgehead atoms. The van der Waals surface area contributed by atoms with Gasteiger partial charge >= 0.3 is 0 Å². The van der Waals surface area contributed by atoms with Crippen LogP contribution in [0, 0.1) is 23.5 Å². The lowest BCUT2D eigenvalue weighted by atomic mass is 9.90. The highest BCUT2D eigenvalue weighted by Crippen LogP contribution is 2.34. The van der Waals surface area contributed by atoms with E-state index in [-0.39, 0.29) is 12.0 Å². The molecule has 3 atom stereocenters. The van der Waals surface area contributed by atoms with Crippen molar-refractivity contribution in [3.05, 3.63) is 35.4 Å². The molecule has 88 valence electrons. The molecule has 3 unspecified atom stereocenters. The summed E-state index contributed by atoms with van der Waals surface area (Å²) < 4.78 is 26.0. The molecule has 16 heavy (non-hydrogen) atoms. The van der Waals surface area contributed by atoms with Crippen LogP contribution < -0.4 is 0 Å². The maximum absolute atomic E-state index is 13.0. The number of aliphatic hydroxyl groups is 1. The summed E-state index contributed by atoms with van der Waals surface area (Å²) in [7, 11) is 0. The molecule has 2 rings (SSSR count). The summed E-state index contributed by atoms with van der Waals surface area (Å²) in [5, 5.41) is 9.61. The summed E-state index contributed by atoms with van der Waals surface area (Å²) in [6.07, 6.45) is 2.11. The molecule has 3 heteroatoms. The van der Waals surface area contributed by atoms with Gasteiger partial charge in [-0.05, 0) is 48.8 Å². The second-order valence-electron chi connectivity index (χ2n) is 4.75. The Balaban J connectivity index is 2.09. The number of benzene rings is 1. The van der Waals surface area contributed by atoms with Crippen LogP contribution in [-0.2, 0) is 6.42 Å². The van der Waals surface area contributed by atoms with Crippen LogP contribution in [0.15, 0.2) is 18.2 Å². The van der Waals surface area contributed by atoms with E-state index in [1.54, 1.807) is 0 Å². The van der Waals surface area contributed by atoms with Crippen LogP contribution in [0.5, 0.6) is 0 Å². The maximum atomic E-state index is 13.0. The summed E-state index contributed by atoms with van der Waals surface area (Å²) in [5.74, 6) is -0.509. The molecule has 1 aromatic carbocycles. The van der Waals surface area contributed by atoms with Gasteiger partial charge in [0.1, 0.15) is 11.6 Å². The largest absolute Gasteiger partial charge is 0.393 e. The SMILES string of the molecule is CC1C(O)CCC1Cc1cc(F)cc(F)c1. The van der Waals surface area contributed by atoms with Gasteiger partial charge in [-0.3, -0.25) is 0 Å². The quantitative estimate of drug-likeness (QED) is 0.822. The average Bonchev–Trinajstić information content (AvgIpc) is 2.48. The zero-order valence-corrected chi connectivity index (χ0v) is 9.29. The van der Waals surface area contributed by atoms with Gasteiger partial charge in [-0.1, -0.05) is 6.92 Å². The van der Waals surface area contributed by atoms with Crippen molar-refractivity contribution < 1.29 is 13.9 Å². The first-order valence-electron chi connectivity index (χ1n) is 5.69. The predicted molar refractivity (Wildman–Crippen MR) is 58.0 cm³/mol. The van der Waals surface area contributed by atoms with Crippen LogP contribution in [0.4, 0.5) is 8.78 Å². The standard InChI is InChI=1S/C13H16F2O/c1-8-10(2-3-13(8)16)4-9-5-11(14)7-12(15)6-9/h5-8,10,13,16H,2-4H2,1H3. The smallest absolute Gasteiger partial charge is 0.126 e. The molecule has 1 saturated carbocycles. The van der Waals surface area contributed by atoms with Crippen molar-refractivity contribution in [1.29, 1.82) is 0 Å². The molecule has 0 spiro atoms. The molecule has 1 fully saturated rings. The van der Waals surface area contributed by atoms with E-state index >= 15 is 0 Å². The third-order valence-corrected chi connectivity index (χ3v) is 3.60. The van der Waals surface area contributed by atoms with E-state index in [2.05, 4.69) is 0 Å². The minimum absolute atomic E-state index is 0.214. The van der Waals surface area contributed by atoms with Gasteiger partial charge < -0.3 is 5.11 Å². The average molecular weight is 226 g/mol. The first-order chi connectivity index (χ1) is 7.56. The highest BCUT2D eigenvalue weighted by atomic mass is 19.1. The van der Waals surface area contributed by atoms with Crippen molar-refractivity contribution in [2.24, 2.45) is 11.8 Å². The van der Waals surface area contributed by atoms with Gasteiger partial charge in [0.25, 0.3) is 0 Å². The van der Waals surface area contributed by atoms with Gasteiger partial charge in [0.15, 0.2) is 0 Å². The summed E-state index contributed by atoms with van der Waals surface area (Å²) in [4.78, 5) is 0. The molecule has 0 aliphatic heterocycles. The molecule has 1 aliphatic carbocycles. The predicted octanol–water partition coefficient (Wildman–Crippen LogP) is 2.91. The molecular formula is C13H16F2O. The summed E-state index contributed by atoms with van der Waals surface area (Å²) in [6, 6.07) is 3.64. The zero-order chi connectivity index (χ0) is 11.7. The van der Waals surface area contributed by atoms with Gasteiger partial charge in [-0.2, -0.15) is 0 Å². The Morgan fingerprint density at radius 2 is 1.81 bits per heavy atom. The van der Waals surface area contributed by atoms with Crippen molar-refractivity contribution in [2.45, 2.75) is 32.3 Å². The fourth-order valence-corrected chi connectivity index (χ4v) is 2.54. The summed E-state index contributed by atoms with van der Waals surface area (Å²) in [6.45, 7) is 2.00. The van der Waals surface area contributed by atoms with Crippen LogP contribution in [0.2, 0.25) is 0 Å². The van der Waals surface area contributed by atoms with Gasteiger partial charge in [-0.25, -0.2) is 8.78 Å². The van der Waals surface area contributed by atoms with Gasteiger partial charge in [-0.15, -0.1) is 0 Å².